The van der Waals surface area contributed by atoms with Crippen LogP contribution in [0.4, 0.5) is 0 Å². The van der Waals surface area contributed by atoms with Crippen molar-refractivity contribution in [3.63, 3.8) is 0 Å². The monoisotopic (exact) mass is 385 g/mol. The average Bonchev–Trinajstić information content (AvgIpc) is 3.08. The Bertz CT molecular complexity index is 860. The maximum atomic E-state index is 12.0. The highest BCUT2D eigenvalue weighted by atomic mass is 35.5. The topological polar surface area (TPSA) is 46.9 Å². The zero-order chi connectivity index (χ0) is 18.4. The van der Waals surface area contributed by atoms with Crippen LogP contribution in [0.3, 0.4) is 0 Å². The van der Waals surface area contributed by atoms with Gasteiger partial charge in [-0.05, 0) is 48.9 Å². The summed E-state index contributed by atoms with van der Waals surface area (Å²) in [6.45, 7) is 2.50. The number of aromatic nitrogens is 2. The van der Waals surface area contributed by atoms with Gasteiger partial charge in [-0.1, -0.05) is 23.7 Å². The number of hydrogen-bond acceptors (Lipinski definition) is 3. The van der Waals surface area contributed by atoms with Gasteiger partial charge in [-0.25, -0.2) is 4.98 Å². The van der Waals surface area contributed by atoms with Gasteiger partial charge in [0, 0.05) is 46.7 Å². The van der Waals surface area contributed by atoms with Crippen molar-refractivity contribution in [1.29, 1.82) is 0 Å². The molecular weight excluding hydrogens is 366 g/mol. The molecule has 0 fully saturated rings. The molecule has 0 saturated carbocycles. The minimum atomic E-state index is 0.0565. The highest BCUT2D eigenvalue weighted by Gasteiger charge is 2.04. The molecule has 0 aliphatic heterocycles. The third-order valence-corrected chi connectivity index (χ3v) is 5.21. The molecule has 0 aliphatic carbocycles. The Morgan fingerprint density at radius 1 is 1.15 bits per heavy atom. The first kappa shape index (κ1) is 18.5. The molecule has 0 bridgehead atoms. The van der Waals surface area contributed by atoms with E-state index in [2.05, 4.69) is 10.3 Å². The fraction of sp³-hybridized carbons (Fsp3) is 0.200. The predicted octanol–water partition coefficient (Wildman–Crippen LogP) is 4.63. The maximum Gasteiger partial charge on any atom is 0.221 e. The number of halogens is 1. The second kappa shape index (κ2) is 8.92. The Balaban J connectivity index is 1.43. The SMILES string of the molecule is Cc1nccn1-c1ccc(CNC(=O)CCSc2ccc(Cl)cc2)cc1. The Hall–Kier alpha value is -2.24. The Morgan fingerprint density at radius 2 is 1.88 bits per heavy atom. The lowest BCUT2D eigenvalue weighted by Gasteiger charge is -2.08. The Kier molecular flexibility index (Phi) is 6.36. The van der Waals surface area contributed by atoms with Crippen molar-refractivity contribution >= 4 is 29.3 Å². The molecule has 0 spiro atoms. The smallest absolute Gasteiger partial charge is 0.221 e. The van der Waals surface area contributed by atoms with Crippen LogP contribution in [0.1, 0.15) is 17.8 Å². The number of nitrogens with zero attached hydrogens (tertiary/aromatic N) is 2. The first-order valence-electron chi connectivity index (χ1n) is 8.36. The number of thioether (sulfide) groups is 1. The van der Waals surface area contributed by atoms with E-state index in [1.165, 1.54) is 0 Å². The van der Waals surface area contributed by atoms with Crippen LogP contribution in [-0.2, 0) is 11.3 Å². The summed E-state index contributed by atoms with van der Waals surface area (Å²) < 4.78 is 2.02. The summed E-state index contributed by atoms with van der Waals surface area (Å²) in [5.74, 6) is 1.75. The molecule has 1 aromatic heterocycles. The van der Waals surface area contributed by atoms with E-state index in [4.69, 9.17) is 11.6 Å². The number of carbonyl (C=O) groups is 1. The van der Waals surface area contributed by atoms with Gasteiger partial charge in [0.2, 0.25) is 5.91 Å². The van der Waals surface area contributed by atoms with E-state index in [0.717, 1.165) is 32.7 Å². The molecule has 134 valence electrons. The first-order chi connectivity index (χ1) is 12.6. The third-order valence-electron chi connectivity index (χ3n) is 3.94. The molecule has 4 nitrogen and oxygen atoms in total. The summed E-state index contributed by atoms with van der Waals surface area (Å²) in [6, 6.07) is 15.8. The van der Waals surface area contributed by atoms with Crippen molar-refractivity contribution in [2.24, 2.45) is 0 Å². The van der Waals surface area contributed by atoms with Gasteiger partial charge in [-0.15, -0.1) is 11.8 Å². The second-order valence-corrected chi connectivity index (χ2v) is 7.44. The number of nitrogens with one attached hydrogen (secondary N) is 1. The zero-order valence-electron chi connectivity index (χ0n) is 14.5. The first-order valence-corrected chi connectivity index (χ1v) is 9.72. The molecule has 6 heteroatoms. The molecule has 0 atom stereocenters. The third kappa shape index (κ3) is 5.13. The molecule has 2 aromatic carbocycles. The van der Waals surface area contributed by atoms with E-state index < -0.39 is 0 Å². The highest BCUT2D eigenvalue weighted by molar-refractivity contribution is 7.99. The fourth-order valence-electron chi connectivity index (χ4n) is 2.51. The Morgan fingerprint density at radius 3 is 2.54 bits per heavy atom. The van der Waals surface area contributed by atoms with Gasteiger partial charge in [0.15, 0.2) is 0 Å². The molecule has 0 aliphatic rings. The second-order valence-electron chi connectivity index (χ2n) is 5.84. The van der Waals surface area contributed by atoms with Crippen LogP contribution in [0, 0.1) is 6.92 Å². The summed E-state index contributed by atoms with van der Waals surface area (Å²) in [4.78, 5) is 17.3. The summed E-state index contributed by atoms with van der Waals surface area (Å²) >= 11 is 7.52. The lowest BCUT2D eigenvalue weighted by atomic mass is 10.2. The van der Waals surface area contributed by atoms with Gasteiger partial charge in [-0.3, -0.25) is 4.79 Å². The van der Waals surface area contributed by atoms with Crippen LogP contribution in [-0.4, -0.2) is 21.2 Å². The number of rotatable bonds is 7. The molecule has 0 unspecified atom stereocenters. The van der Waals surface area contributed by atoms with Gasteiger partial charge in [-0.2, -0.15) is 0 Å². The normalized spacial score (nSPS) is 10.7. The van der Waals surface area contributed by atoms with Crippen molar-refractivity contribution in [1.82, 2.24) is 14.9 Å². The molecule has 1 amide bonds. The number of aryl methyl sites for hydroxylation is 1. The van der Waals surface area contributed by atoms with E-state index >= 15 is 0 Å². The van der Waals surface area contributed by atoms with Crippen molar-refractivity contribution in [3.8, 4) is 5.69 Å². The molecule has 1 N–H and O–H groups in total. The standard InChI is InChI=1S/C20H20ClN3OS/c1-15-22-11-12-24(15)18-6-2-16(3-7-18)14-23-20(25)10-13-26-19-8-4-17(21)5-9-19/h2-9,11-12H,10,13-14H2,1H3,(H,23,25). The number of imidazole rings is 1. The van der Waals surface area contributed by atoms with Crippen molar-refractivity contribution in [3.05, 3.63) is 77.3 Å². The van der Waals surface area contributed by atoms with Gasteiger partial charge in [0.1, 0.15) is 5.82 Å². The van der Waals surface area contributed by atoms with Gasteiger partial charge in [0.05, 0.1) is 0 Å². The summed E-state index contributed by atoms with van der Waals surface area (Å²) in [5.41, 5.74) is 2.14. The van der Waals surface area contributed by atoms with Crippen LogP contribution in [0.25, 0.3) is 5.69 Å². The quantitative estimate of drug-likeness (QED) is 0.603. The van der Waals surface area contributed by atoms with E-state index in [0.29, 0.717) is 13.0 Å². The van der Waals surface area contributed by atoms with E-state index in [1.54, 1.807) is 18.0 Å². The number of benzene rings is 2. The molecule has 0 saturated heterocycles. The summed E-state index contributed by atoms with van der Waals surface area (Å²) in [6.07, 6.45) is 4.20. The zero-order valence-corrected chi connectivity index (χ0v) is 16.1. The van der Waals surface area contributed by atoms with Crippen LogP contribution in [0.2, 0.25) is 5.02 Å². The number of carbonyl (C=O) groups excluding carboxylic acids is 1. The minimum absolute atomic E-state index is 0.0565. The lowest BCUT2D eigenvalue weighted by molar-refractivity contribution is -0.120. The molecule has 3 rings (SSSR count). The van der Waals surface area contributed by atoms with Gasteiger partial charge < -0.3 is 9.88 Å². The van der Waals surface area contributed by atoms with E-state index in [1.807, 2.05) is 66.2 Å². The van der Waals surface area contributed by atoms with Crippen LogP contribution >= 0.6 is 23.4 Å². The van der Waals surface area contributed by atoms with Crippen LogP contribution in [0.5, 0.6) is 0 Å². The molecule has 26 heavy (non-hydrogen) atoms. The average molecular weight is 386 g/mol. The summed E-state index contributed by atoms with van der Waals surface area (Å²) in [5, 5.41) is 3.69. The summed E-state index contributed by atoms with van der Waals surface area (Å²) in [7, 11) is 0. The van der Waals surface area contributed by atoms with Crippen LogP contribution in [0.15, 0.2) is 65.8 Å². The number of hydrogen-bond donors (Lipinski definition) is 1. The molecule has 0 radical (unpaired) electrons. The molecule has 3 aromatic rings. The fourth-order valence-corrected chi connectivity index (χ4v) is 3.48. The van der Waals surface area contributed by atoms with Gasteiger partial charge in [0.25, 0.3) is 0 Å². The van der Waals surface area contributed by atoms with Crippen molar-refractivity contribution < 1.29 is 4.79 Å². The molecular formula is C20H20ClN3OS. The largest absolute Gasteiger partial charge is 0.352 e. The molecule has 1 heterocycles. The van der Waals surface area contributed by atoms with Crippen LogP contribution < -0.4 is 5.32 Å². The minimum Gasteiger partial charge on any atom is -0.352 e. The van der Waals surface area contributed by atoms with E-state index in [9.17, 15) is 4.79 Å². The van der Waals surface area contributed by atoms with Crippen molar-refractivity contribution in [2.45, 2.75) is 24.8 Å². The number of amides is 1. The maximum absolute atomic E-state index is 12.0. The Labute approximate surface area is 162 Å². The van der Waals surface area contributed by atoms with Crippen molar-refractivity contribution in [2.75, 3.05) is 5.75 Å². The van der Waals surface area contributed by atoms with Gasteiger partial charge >= 0.3 is 0 Å². The predicted molar refractivity (Wildman–Crippen MR) is 107 cm³/mol. The highest BCUT2D eigenvalue weighted by Crippen LogP contribution is 2.20. The van der Waals surface area contributed by atoms with E-state index in [-0.39, 0.29) is 5.91 Å². The lowest BCUT2D eigenvalue weighted by Crippen LogP contribution is -2.22.